The van der Waals surface area contributed by atoms with E-state index in [1.54, 1.807) is 0 Å². The lowest BCUT2D eigenvalue weighted by Crippen LogP contribution is -2.07. The van der Waals surface area contributed by atoms with Crippen molar-refractivity contribution in [2.45, 2.75) is 13.0 Å². The summed E-state index contributed by atoms with van der Waals surface area (Å²) in [5.41, 5.74) is 10.0. The van der Waals surface area contributed by atoms with Gasteiger partial charge in [0.05, 0.1) is 24.3 Å². The van der Waals surface area contributed by atoms with E-state index in [2.05, 4.69) is 56.7 Å². The Bertz CT molecular complexity index is 729. The second-order valence-corrected chi connectivity index (χ2v) is 5.95. The minimum atomic E-state index is 0.201. The van der Waals surface area contributed by atoms with Crippen LogP contribution in [0.15, 0.2) is 65.5 Å². The molecule has 0 aliphatic carbocycles. The summed E-state index contributed by atoms with van der Waals surface area (Å²) < 4.78 is 3.25. The second kappa shape index (κ2) is 5.74. The van der Waals surface area contributed by atoms with Gasteiger partial charge < -0.3 is 10.3 Å². The maximum Gasteiger partial charge on any atom is 0.0956 e. The summed E-state index contributed by atoms with van der Waals surface area (Å²) >= 11 is 3.47. The van der Waals surface area contributed by atoms with Crippen molar-refractivity contribution in [3.8, 4) is 11.3 Å². The largest absolute Gasteiger partial charge is 0.399 e. The van der Waals surface area contributed by atoms with Gasteiger partial charge in [0.15, 0.2) is 0 Å². The molecule has 0 spiro atoms. The van der Waals surface area contributed by atoms with Gasteiger partial charge >= 0.3 is 0 Å². The van der Waals surface area contributed by atoms with Crippen LogP contribution >= 0.6 is 15.9 Å². The second-order valence-electron chi connectivity index (χ2n) is 5.04. The molecule has 4 heteroatoms. The molecule has 0 bridgehead atoms. The molecule has 106 valence electrons. The fourth-order valence-electron chi connectivity index (χ4n) is 2.39. The Morgan fingerprint density at radius 1 is 1.05 bits per heavy atom. The first-order chi connectivity index (χ1) is 10.1. The van der Waals surface area contributed by atoms with Crippen molar-refractivity contribution in [1.29, 1.82) is 0 Å². The summed E-state index contributed by atoms with van der Waals surface area (Å²) in [6.07, 6.45) is 3.77. The zero-order valence-electron chi connectivity index (χ0n) is 11.7. The smallest absolute Gasteiger partial charge is 0.0956 e. The van der Waals surface area contributed by atoms with Crippen molar-refractivity contribution in [2.75, 3.05) is 5.73 Å². The van der Waals surface area contributed by atoms with E-state index in [4.69, 9.17) is 5.73 Å². The highest BCUT2D eigenvalue weighted by Gasteiger charge is 2.12. The van der Waals surface area contributed by atoms with Crippen LogP contribution in [0.25, 0.3) is 11.3 Å². The quantitative estimate of drug-likeness (QED) is 0.712. The first-order valence-electron chi connectivity index (χ1n) is 6.78. The van der Waals surface area contributed by atoms with Gasteiger partial charge in [0.25, 0.3) is 0 Å². The van der Waals surface area contributed by atoms with Gasteiger partial charge in [-0.15, -0.1) is 0 Å². The Balaban J connectivity index is 1.98. The SMILES string of the molecule is CC(c1ccc(N)cc1)n1cncc1-c1ccc(Br)cc1. The summed E-state index contributed by atoms with van der Waals surface area (Å²) in [5.74, 6) is 0. The number of nitrogen functional groups attached to an aromatic ring is 1. The number of imidazole rings is 1. The van der Waals surface area contributed by atoms with E-state index in [0.29, 0.717) is 0 Å². The number of nitrogens with two attached hydrogens (primary N) is 1. The maximum atomic E-state index is 5.76. The normalized spacial score (nSPS) is 12.3. The number of hydrogen-bond acceptors (Lipinski definition) is 2. The van der Waals surface area contributed by atoms with Crippen LogP contribution < -0.4 is 5.73 Å². The molecule has 3 rings (SSSR count). The van der Waals surface area contributed by atoms with Crippen LogP contribution in [0.4, 0.5) is 5.69 Å². The number of aromatic nitrogens is 2. The van der Waals surface area contributed by atoms with Crippen molar-refractivity contribution in [3.63, 3.8) is 0 Å². The van der Waals surface area contributed by atoms with E-state index in [-0.39, 0.29) is 6.04 Å². The third kappa shape index (κ3) is 2.85. The third-order valence-electron chi connectivity index (χ3n) is 3.64. The van der Waals surface area contributed by atoms with E-state index in [1.165, 1.54) is 5.56 Å². The zero-order chi connectivity index (χ0) is 14.8. The minimum absolute atomic E-state index is 0.201. The van der Waals surface area contributed by atoms with Gasteiger partial charge in [-0.3, -0.25) is 0 Å². The molecule has 1 atom stereocenters. The number of nitrogens with zero attached hydrogens (tertiary/aromatic N) is 2. The van der Waals surface area contributed by atoms with Crippen LogP contribution in [0, 0.1) is 0 Å². The van der Waals surface area contributed by atoms with Gasteiger partial charge in [-0.25, -0.2) is 4.98 Å². The number of hydrogen-bond donors (Lipinski definition) is 1. The van der Waals surface area contributed by atoms with Crippen molar-refractivity contribution < 1.29 is 0 Å². The highest BCUT2D eigenvalue weighted by atomic mass is 79.9. The maximum absolute atomic E-state index is 5.76. The fourth-order valence-corrected chi connectivity index (χ4v) is 2.66. The summed E-state index contributed by atoms with van der Waals surface area (Å²) in [4.78, 5) is 4.31. The molecule has 0 aliphatic heterocycles. The lowest BCUT2D eigenvalue weighted by atomic mass is 10.1. The van der Waals surface area contributed by atoms with Crippen molar-refractivity contribution >= 4 is 21.6 Å². The van der Waals surface area contributed by atoms with Crippen molar-refractivity contribution in [3.05, 3.63) is 71.1 Å². The summed E-state index contributed by atoms with van der Waals surface area (Å²) in [6.45, 7) is 2.16. The number of anilines is 1. The fraction of sp³-hybridized carbons (Fsp3) is 0.118. The van der Waals surface area contributed by atoms with Gasteiger partial charge in [0.1, 0.15) is 0 Å². The predicted molar refractivity (Wildman–Crippen MR) is 90.0 cm³/mol. The molecule has 1 unspecified atom stereocenters. The highest BCUT2D eigenvalue weighted by molar-refractivity contribution is 9.10. The molecule has 21 heavy (non-hydrogen) atoms. The van der Waals surface area contributed by atoms with Crippen LogP contribution in [0.2, 0.25) is 0 Å². The van der Waals surface area contributed by atoms with E-state index in [0.717, 1.165) is 21.4 Å². The lowest BCUT2D eigenvalue weighted by Gasteiger charge is -2.17. The zero-order valence-corrected chi connectivity index (χ0v) is 13.3. The molecule has 2 aromatic carbocycles. The van der Waals surface area contributed by atoms with Gasteiger partial charge in [-0.05, 0) is 42.3 Å². The summed E-state index contributed by atoms with van der Waals surface area (Å²) in [7, 11) is 0. The average molecular weight is 342 g/mol. The Morgan fingerprint density at radius 2 is 1.71 bits per heavy atom. The van der Waals surface area contributed by atoms with Gasteiger partial charge in [0.2, 0.25) is 0 Å². The topological polar surface area (TPSA) is 43.8 Å². The van der Waals surface area contributed by atoms with E-state index >= 15 is 0 Å². The molecule has 0 amide bonds. The Labute approximate surface area is 132 Å². The van der Waals surface area contributed by atoms with Crippen LogP contribution in [0.1, 0.15) is 18.5 Å². The lowest BCUT2D eigenvalue weighted by molar-refractivity contribution is 0.644. The van der Waals surface area contributed by atoms with E-state index < -0.39 is 0 Å². The monoisotopic (exact) mass is 341 g/mol. The molecule has 2 N–H and O–H groups in total. The molecule has 0 saturated carbocycles. The standard InChI is InChI=1S/C17H16BrN3/c1-12(13-4-8-16(19)9-5-13)21-11-20-10-17(21)14-2-6-15(18)7-3-14/h2-12H,19H2,1H3. The molecule has 3 nitrogen and oxygen atoms in total. The Kier molecular flexibility index (Phi) is 3.80. The molecule has 0 saturated heterocycles. The van der Waals surface area contributed by atoms with E-state index in [1.807, 2.05) is 36.8 Å². The first kappa shape index (κ1) is 13.9. The Morgan fingerprint density at radius 3 is 2.38 bits per heavy atom. The molecular formula is C17H16BrN3. The summed E-state index contributed by atoms with van der Waals surface area (Å²) in [6, 6.07) is 16.5. The van der Waals surface area contributed by atoms with Gasteiger partial charge in [-0.1, -0.05) is 40.2 Å². The van der Waals surface area contributed by atoms with Crippen LogP contribution in [-0.2, 0) is 0 Å². The van der Waals surface area contributed by atoms with Crippen molar-refractivity contribution in [2.24, 2.45) is 0 Å². The summed E-state index contributed by atoms with van der Waals surface area (Å²) in [5, 5.41) is 0. The molecule has 3 aromatic rings. The Hall–Kier alpha value is -2.07. The van der Waals surface area contributed by atoms with Crippen LogP contribution in [0.3, 0.4) is 0 Å². The molecule has 0 aliphatic rings. The third-order valence-corrected chi connectivity index (χ3v) is 4.17. The molecule has 0 fully saturated rings. The average Bonchev–Trinajstić information content (AvgIpc) is 2.97. The molecule has 1 aromatic heterocycles. The molecular weight excluding hydrogens is 326 g/mol. The first-order valence-corrected chi connectivity index (χ1v) is 7.57. The number of halogens is 1. The molecule has 0 radical (unpaired) electrons. The van der Waals surface area contributed by atoms with Crippen molar-refractivity contribution in [1.82, 2.24) is 9.55 Å². The number of benzene rings is 2. The predicted octanol–water partition coefficient (Wildman–Crippen LogP) is 4.50. The van der Waals surface area contributed by atoms with Crippen LogP contribution in [0.5, 0.6) is 0 Å². The number of rotatable bonds is 3. The van der Waals surface area contributed by atoms with Crippen LogP contribution in [-0.4, -0.2) is 9.55 Å². The van der Waals surface area contributed by atoms with Gasteiger partial charge in [0, 0.05) is 10.2 Å². The van der Waals surface area contributed by atoms with Gasteiger partial charge in [-0.2, -0.15) is 0 Å². The minimum Gasteiger partial charge on any atom is -0.399 e. The molecule has 1 heterocycles. The van der Waals surface area contributed by atoms with E-state index in [9.17, 15) is 0 Å². The highest BCUT2D eigenvalue weighted by Crippen LogP contribution is 2.27.